The van der Waals surface area contributed by atoms with Gasteiger partial charge in [0.05, 0.1) is 24.4 Å². The van der Waals surface area contributed by atoms with Crippen LogP contribution in [0.25, 0.3) is 0 Å². The first kappa shape index (κ1) is 16.7. The van der Waals surface area contributed by atoms with Crippen molar-refractivity contribution in [2.45, 2.75) is 46.3 Å². The molecule has 0 aromatic carbocycles. The van der Waals surface area contributed by atoms with Gasteiger partial charge < -0.3 is 10.0 Å². The third-order valence-electron chi connectivity index (χ3n) is 3.49. The van der Waals surface area contributed by atoms with Crippen LogP contribution in [-0.4, -0.2) is 51.9 Å². The lowest BCUT2D eigenvalue weighted by atomic mass is 10.0. The van der Waals surface area contributed by atoms with Crippen molar-refractivity contribution in [1.82, 2.24) is 20.0 Å². The fraction of sp³-hybridized carbons (Fsp3) is 0.714. The van der Waals surface area contributed by atoms with Crippen LogP contribution in [0.4, 0.5) is 0 Å². The van der Waals surface area contributed by atoms with Crippen LogP contribution in [-0.2, 0) is 17.9 Å². The molecule has 1 heterocycles. The molecule has 2 N–H and O–H groups in total. The van der Waals surface area contributed by atoms with Gasteiger partial charge in [0.2, 0.25) is 5.91 Å². The standard InChI is InChI=1S/C14H26N4O2/c1-10-12(11(2)18(16-10)7-8-19)9-15-14(3,4)13(20)17(5)6/h15,19H,7-9H2,1-6H3. The Balaban J connectivity index is 2.82. The highest BCUT2D eigenvalue weighted by molar-refractivity contribution is 5.85. The van der Waals surface area contributed by atoms with Gasteiger partial charge in [-0.05, 0) is 27.7 Å². The Morgan fingerprint density at radius 3 is 2.50 bits per heavy atom. The topological polar surface area (TPSA) is 70.4 Å². The predicted octanol–water partition coefficient (Wildman–Crippen LogP) is 0.449. The highest BCUT2D eigenvalue weighted by Crippen LogP contribution is 2.15. The number of rotatable bonds is 6. The number of likely N-dealkylation sites (N-methyl/N-ethyl adjacent to an activating group) is 1. The molecule has 114 valence electrons. The van der Waals surface area contributed by atoms with Crippen molar-refractivity contribution in [3.63, 3.8) is 0 Å². The van der Waals surface area contributed by atoms with Gasteiger partial charge in [-0.15, -0.1) is 0 Å². The number of aliphatic hydroxyl groups excluding tert-OH is 1. The molecular formula is C14H26N4O2. The van der Waals surface area contributed by atoms with E-state index in [-0.39, 0.29) is 12.5 Å². The first-order valence-corrected chi connectivity index (χ1v) is 6.81. The van der Waals surface area contributed by atoms with Crippen LogP contribution in [0.15, 0.2) is 0 Å². The number of aromatic nitrogens is 2. The zero-order valence-corrected chi connectivity index (χ0v) is 13.3. The summed E-state index contributed by atoms with van der Waals surface area (Å²) >= 11 is 0. The van der Waals surface area contributed by atoms with Gasteiger partial charge in [-0.3, -0.25) is 14.8 Å². The lowest BCUT2D eigenvalue weighted by molar-refractivity contribution is -0.134. The Morgan fingerprint density at radius 1 is 1.40 bits per heavy atom. The van der Waals surface area contributed by atoms with Crippen molar-refractivity contribution in [1.29, 1.82) is 0 Å². The first-order valence-electron chi connectivity index (χ1n) is 6.81. The molecule has 0 aliphatic rings. The maximum absolute atomic E-state index is 12.1. The molecule has 0 aliphatic carbocycles. The quantitative estimate of drug-likeness (QED) is 0.795. The summed E-state index contributed by atoms with van der Waals surface area (Å²) in [7, 11) is 3.50. The van der Waals surface area contributed by atoms with Crippen molar-refractivity contribution < 1.29 is 9.90 Å². The van der Waals surface area contributed by atoms with E-state index in [2.05, 4.69) is 10.4 Å². The van der Waals surface area contributed by atoms with Gasteiger partial charge in [-0.25, -0.2) is 0 Å². The Kier molecular flexibility index (Phi) is 5.30. The molecule has 0 unspecified atom stereocenters. The van der Waals surface area contributed by atoms with Gasteiger partial charge in [-0.1, -0.05) is 0 Å². The second kappa shape index (κ2) is 6.37. The smallest absolute Gasteiger partial charge is 0.241 e. The molecule has 0 fully saturated rings. The molecule has 1 rings (SSSR count). The van der Waals surface area contributed by atoms with Crippen molar-refractivity contribution in [2.75, 3.05) is 20.7 Å². The number of carbonyl (C=O) groups excluding carboxylic acids is 1. The monoisotopic (exact) mass is 282 g/mol. The van der Waals surface area contributed by atoms with E-state index in [9.17, 15) is 4.79 Å². The maximum Gasteiger partial charge on any atom is 0.241 e. The summed E-state index contributed by atoms with van der Waals surface area (Å²) in [6, 6.07) is 0. The van der Waals surface area contributed by atoms with Crippen LogP contribution in [0.5, 0.6) is 0 Å². The van der Waals surface area contributed by atoms with Crippen LogP contribution in [0, 0.1) is 13.8 Å². The van der Waals surface area contributed by atoms with Gasteiger partial charge >= 0.3 is 0 Å². The van der Waals surface area contributed by atoms with Gasteiger partial charge in [0.25, 0.3) is 0 Å². The number of nitrogens with one attached hydrogen (secondary N) is 1. The number of amides is 1. The van der Waals surface area contributed by atoms with Gasteiger partial charge in [0, 0.05) is 31.9 Å². The predicted molar refractivity (Wildman–Crippen MR) is 78.4 cm³/mol. The largest absolute Gasteiger partial charge is 0.394 e. The second-order valence-electron chi connectivity index (χ2n) is 5.77. The van der Waals surface area contributed by atoms with Crippen molar-refractivity contribution >= 4 is 5.91 Å². The summed E-state index contributed by atoms with van der Waals surface area (Å²) < 4.78 is 1.80. The van der Waals surface area contributed by atoms with E-state index < -0.39 is 5.54 Å². The highest BCUT2D eigenvalue weighted by atomic mass is 16.3. The summed E-state index contributed by atoms with van der Waals surface area (Å²) in [5, 5.41) is 16.7. The van der Waals surface area contributed by atoms with Gasteiger partial charge in [0.1, 0.15) is 0 Å². The molecule has 0 bridgehead atoms. The number of carbonyl (C=O) groups is 1. The average Bonchev–Trinajstić information content (AvgIpc) is 2.62. The van der Waals surface area contributed by atoms with Gasteiger partial charge in [0.15, 0.2) is 0 Å². The molecule has 0 spiro atoms. The average molecular weight is 282 g/mol. The summed E-state index contributed by atoms with van der Waals surface area (Å²) in [5.74, 6) is 0.0376. The van der Waals surface area contributed by atoms with Crippen LogP contribution in [0.3, 0.4) is 0 Å². The molecule has 6 heteroatoms. The van der Waals surface area contributed by atoms with Crippen LogP contribution in [0.1, 0.15) is 30.8 Å². The number of hydrogen-bond donors (Lipinski definition) is 2. The maximum atomic E-state index is 12.1. The minimum absolute atomic E-state index is 0.0376. The van der Waals surface area contributed by atoms with E-state index in [1.165, 1.54) is 0 Å². The number of nitrogens with zero attached hydrogens (tertiary/aromatic N) is 3. The van der Waals surface area contributed by atoms with E-state index in [1.807, 2.05) is 27.7 Å². The molecule has 6 nitrogen and oxygen atoms in total. The van der Waals surface area contributed by atoms with Crippen molar-refractivity contribution in [3.8, 4) is 0 Å². The number of aliphatic hydroxyl groups is 1. The minimum atomic E-state index is -0.624. The summed E-state index contributed by atoms with van der Waals surface area (Å²) in [4.78, 5) is 13.7. The molecule has 1 aromatic heterocycles. The van der Waals surface area contributed by atoms with E-state index in [0.29, 0.717) is 13.1 Å². The third-order valence-corrected chi connectivity index (χ3v) is 3.49. The van der Waals surface area contributed by atoms with Crippen molar-refractivity contribution in [3.05, 3.63) is 17.0 Å². The van der Waals surface area contributed by atoms with Gasteiger partial charge in [-0.2, -0.15) is 5.10 Å². The Labute approximate surface area is 120 Å². The van der Waals surface area contributed by atoms with E-state index in [1.54, 1.807) is 23.7 Å². The number of hydrogen-bond acceptors (Lipinski definition) is 4. The lowest BCUT2D eigenvalue weighted by Gasteiger charge is -2.28. The normalized spacial score (nSPS) is 11.8. The van der Waals surface area contributed by atoms with Crippen LogP contribution < -0.4 is 5.32 Å². The SMILES string of the molecule is Cc1nn(CCO)c(C)c1CNC(C)(C)C(=O)N(C)C. The van der Waals surface area contributed by atoms with Crippen LogP contribution >= 0.6 is 0 Å². The van der Waals surface area contributed by atoms with E-state index in [4.69, 9.17) is 5.11 Å². The molecule has 0 saturated heterocycles. The fourth-order valence-corrected chi connectivity index (χ4v) is 2.25. The Hall–Kier alpha value is -1.40. The molecule has 20 heavy (non-hydrogen) atoms. The summed E-state index contributed by atoms with van der Waals surface area (Å²) in [5.41, 5.74) is 2.41. The lowest BCUT2D eigenvalue weighted by Crippen LogP contribution is -2.51. The second-order valence-corrected chi connectivity index (χ2v) is 5.77. The highest BCUT2D eigenvalue weighted by Gasteiger charge is 2.29. The first-order chi connectivity index (χ1) is 9.20. The molecule has 0 aliphatic heterocycles. The Morgan fingerprint density at radius 2 is 2.00 bits per heavy atom. The van der Waals surface area contributed by atoms with E-state index in [0.717, 1.165) is 17.0 Å². The van der Waals surface area contributed by atoms with Crippen molar-refractivity contribution in [2.24, 2.45) is 0 Å². The van der Waals surface area contributed by atoms with E-state index >= 15 is 0 Å². The molecule has 0 atom stereocenters. The van der Waals surface area contributed by atoms with Crippen LogP contribution in [0.2, 0.25) is 0 Å². The third kappa shape index (κ3) is 3.58. The molecule has 1 aromatic rings. The molecule has 1 amide bonds. The number of aryl methyl sites for hydroxylation is 1. The molecule has 0 radical (unpaired) electrons. The Bertz CT molecular complexity index is 478. The fourth-order valence-electron chi connectivity index (χ4n) is 2.25. The summed E-state index contributed by atoms with van der Waals surface area (Å²) in [6.45, 7) is 8.81. The summed E-state index contributed by atoms with van der Waals surface area (Å²) in [6.07, 6.45) is 0. The minimum Gasteiger partial charge on any atom is -0.394 e. The molecule has 0 saturated carbocycles. The zero-order valence-electron chi connectivity index (χ0n) is 13.3. The molecular weight excluding hydrogens is 256 g/mol. The zero-order chi connectivity index (χ0) is 15.5.